The van der Waals surface area contributed by atoms with Crippen molar-refractivity contribution in [2.24, 2.45) is 11.8 Å². The molecular formula is C24H30N2O2. The van der Waals surface area contributed by atoms with E-state index in [1.165, 1.54) is 5.56 Å². The molecule has 1 unspecified atom stereocenters. The molecule has 0 aliphatic carbocycles. The van der Waals surface area contributed by atoms with Gasteiger partial charge in [-0.1, -0.05) is 74.0 Å². The molecule has 1 aliphatic rings. The largest absolute Gasteiger partial charge is 0.345 e. The predicted octanol–water partition coefficient (Wildman–Crippen LogP) is 4.10. The zero-order chi connectivity index (χ0) is 20.1. The highest BCUT2D eigenvalue weighted by Crippen LogP contribution is 2.25. The van der Waals surface area contributed by atoms with Crippen LogP contribution in [0.2, 0.25) is 0 Å². The van der Waals surface area contributed by atoms with Crippen LogP contribution >= 0.6 is 0 Å². The molecule has 0 saturated carbocycles. The highest BCUT2D eigenvalue weighted by molar-refractivity contribution is 5.81. The van der Waals surface area contributed by atoms with Crippen molar-refractivity contribution in [2.75, 3.05) is 13.1 Å². The summed E-state index contributed by atoms with van der Waals surface area (Å²) in [6, 6.07) is 18.2. The molecule has 28 heavy (non-hydrogen) atoms. The van der Waals surface area contributed by atoms with Crippen molar-refractivity contribution in [3.8, 4) is 0 Å². The van der Waals surface area contributed by atoms with E-state index in [1.807, 2.05) is 36.9 Å². The average molecular weight is 379 g/mol. The van der Waals surface area contributed by atoms with Gasteiger partial charge in [-0.3, -0.25) is 9.59 Å². The SMILES string of the molecule is Cc1ccc(C(NC(=O)C2CCN(C(=O)C(C)C)CC2)c2ccccc2)cc1. The van der Waals surface area contributed by atoms with Crippen LogP contribution < -0.4 is 5.32 Å². The lowest BCUT2D eigenvalue weighted by molar-refractivity contribution is -0.138. The lowest BCUT2D eigenvalue weighted by Crippen LogP contribution is -2.45. The average Bonchev–Trinajstić information content (AvgIpc) is 2.72. The van der Waals surface area contributed by atoms with Crippen LogP contribution in [0, 0.1) is 18.8 Å². The first-order valence-electron chi connectivity index (χ1n) is 10.2. The second-order valence-corrected chi connectivity index (χ2v) is 8.02. The first kappa shape index (κ1) is 20.1. The first-order valence-corrected chi connectivity index (χ1v) is 10.2. The standard InChI is InChI=1S/C24H30N2O2/c1-17(2)24(28)26-15-13-21(14-16-26)23(27)25-22(19-7-5-4-6-8-19)20-11-9-18(3)10-12-20/h4-12,17,21-22H,13-16H2,1-3H3,(H,25,27). The van der Waals surface area contributed by atoms with Gasteiger partial charge in [0.25, 0.3) is 0 Å². The molecule has 2 aromatic rings. The van der Waals surface area contributed by atoms with Crippen LogP contribution in [0.5, 0.6) is 0 Å². The Morgan fingerprint density at radius 2 is 1.50 bits per heavy atom. The number of nitrogens with zero attached hydrogens (tertiary/aromatic N) is 1. The fraction of sp³-hybridized carbons (Fsp3) is 0.417. The predicted molar refractivity (Wildman–Crippen MR) is 112 cm³/mol. The quantitative estimate of drug-likeness (QED) is 0.852. The Morgan fingerprint density at radius 3 is 2.07 bits per heavy atom. The summed E-state index contributed by atoms with van der Waals surface area (Å²) in [7, 11) is 0. The van der Waals surface area contributed by atoms with Crippen LogP contribution in [0.15, 0.2) is 54.6 Å². The van der Waals surface area contributed by atoms with Gasteiger partial charge in [0.15, 0.2) is 0 Å². The Morgan fingerprint density at radius 1 is 0.929 bits per heavy atom. The van der Waals surface area contributed by atoms with E-state index in [4.69, 9.17) is 0 Å². The number of aryl methyl sites for hydroxylation is 1. The molecule has 0 aromatic heterocycles. The van der Waals surface area contributed by atoms with Gasteiger partial charge >= 0.3 is 0 Å². The normalized spacial score (nSPS) is 16.1. The van der Waals surface area contributed by atoms with Crippen molar-refractivity contribution in [1.82, 2.24) is 10.2 Å². The smallest absolute Gasteiger partial charge is 0.225 e. The third-order valence-corrected chi connectivity index (χ3v) is 5.50. The number of hydrogen-bond acceptors (Lipinski definition) is 2. The van der Waals surface area contributed by atoms with E-state index in [0.717, 1.165) is 24.0 Å². The topological polar surface area (TPSA) is 49.4 Å². The Hall–Kier alpha value is -2.62. The highest BCUT2D eigenvalue weighted by Gasteiger charge is 2.29. The monoisotopic (exact) mass is 378 g/mol. The number of likely N-dealkylation sites (tertiary alicyclic amines) is 1. The van der Waals surface area contributed by atoms with Crippen molar-refractivity contribution in [1.29, 1.82) is 0 Å². The number of carbonyl (C=O) groups is 2. The summed E-state index contributed by atoms with van der Waals surface area (Å²) < 4.78 is 0. The van der Waals surface area contributed by atoms with E-state index in [-0.39, 0.29) is 29.7 Å². The molecule has 2 amide bonds. The molecule has 1 aliphatic heterocycles. The molecule has 4 heteroatoms. The Labute approximate surface area is 167 Å². The maximum absolute atomic E-state index is 13.0. The molecular weight excluding hydrogens is 348 g/mol. The third kappa shape index (κ3) is 4.80. The number of nitrogens with one attached hydrogen (secondary N) is 1. The molecule has 1 saturated heterocycles. The summed E-state index contributed by atoms with van der Waals surface area (Å²) in [4.78, 5) is 27.1. The fourth-order valence-electron chi connectivity index (χ4n) is 3.75. The molecule has 4 nitrogen and oxygen atoms in total. The van der Waals surface area contributed by atoms with E-state index in [9.17, 15) is 9.59 Å². The van der Waals surface area contributed by atoms with E-state index in [0.29, 0.717) is 13.1 Å². The minimum absolute atomic E-state index is 0.00868. The lowest BCUT2D eigenvalue weighted by atomic mass is 9.92. The Kier molecular flexibility index (Phi) is 6.50. The second kappa shape index (κ2) is 9.05. The van der Waals surface area contributed by atoms with Crippen LogP contribution in [0.3, 0.4) is 0 Å². The minimum atomic E-state index is -0.162. The number of hydrogen-bond donors (Lipinski definition) is 1. The Balaban J connectivity index is 1.70. The van der Waals surface area contributed by atoms with Crippen LogP contribution in [0.4, 0.5) is 0 Å². The van der Waals surface area contributed by atoms with Crippen LogP contribution in [-0.2, 0) is 9.59 Å². The molecule has 0 spiro atoms. The molecule has 1 N–H and O–H groups in total. The number of benzene rings is 2. The minimum Gasteiger partial charge on any atom is -0.345 e. The maximum atomic E-state index is 13.0. The molecule has 1 heterocycles. The van der Waals surface area contributed by atoms with E-state index in [1.54, 1.807) is 0 Å². The molecule has 2 aromatic carbocycles. The van der Waals surface area contributed by atoms with Gasteiger partial charge in [-0.15, -0.1) is 0 Å². The summed E-state index contributed by atoms with van der Waals surface area (Å²) >= 11 is 0. The van der Waals surface area contributed by atoms with Crippen LogP contribution in [-0.4, -0.2) is 29.8 Å². The molecule has 3 rings (SSSR count). The summed E-state index contributed by atoms with van der Waals surface area (Å²) in [5, 5.41) is 3.26. The lowest BCUT2D eigenvalue weighted by Gasteiger charge is -2.33. The van der Waals surface area contributed by atoms with Crippen molar-refractivity contribution in [3.63, 3.8) is 0 Å². The number of piperidine rings is 1. The summed E-state index contributed by atoms with van der Waals surface area (Å²) in [6.07, 6.45) is 1.44. The van der Waals surface area contributed by atoms with Crippen molar-refractivity contribution in [3.05, 3.63) is 71.3 Å². The van der Waals surface area contributed by atoms with E-state index < -0.39 is 0 Å². The number of carbonyl (C=O) groups excluding carboxylic acids is 2. The number of rotatable bonds is 5. The van der Waals surface area contributed by atoms with Crippen molar-refractivity contribution >= 4 is 11.8 Å². The van der Waals surface area contributed by atoms with Crippen molar-refractivity contribution in [2.45, 2.75) is 39.7 Å². The van der Waals surface area contributed by atoms with Gasteiger partial charge in [-0.05, 0) is 30.9 Å². The molecule has 1 atom stereocenters. The summed E-state index contributed by atoms with van der Waals surface area (Å²) in [5.41, 5.74) is 3.36. The molecule has 1 fully saturated rings. The zero-order valence-electron chi connectivity index (χ0n) is 17.0. The summed E-state index contributed by atoms with van der Waals surface area (Å²) in [6.45, 7) is 7.23. The maximum Gasteiger partial charge on any atom is 0.225 e. The van der Waals surface area contributed by atoms with Gasteiger partial charge in [0.05, 0.1) is 6.04 Å². The van der Waals surface area contributed by atoms with Crippen LogP contribution in [0.25, 0.3) is 0 Å². The summed E-state index contributed by atoms with van der Waals surface area (Å²) in [5.74, 6) is 0.217. The van der Waals surface area contributed by atoms with Gasteiger partial charge in [-0.2, -0.15) is 0 Å². The van der Waals surface area contributed by atoms with Gasteiger partial charge in [-0.25, -0.2) is 0 Å². The first-order chi connectivity index (χ1) is 13.5. The third-order valence-electron chi connectivity index (χ3n) is 5.50. The Bertz CT molecular complexity index is 791. The van der Waals surface area contributed by atoms with Crippen molar-refractivity contribution < 1.29 is 9.59 Å². The van der Waals surface area contributed by atoms with Crippen LogP contribution in [0.1, 0.15) is 49.4 Å². The second-order valence-electron chi connectivity index (χ2n) is 8.02. The van der Waals surface area contributed by atoms with Gasteiger partial charge in [0.1, 0.15) is 0 Å². The van der Waals surface area contributed by atoms with Gasteiger partial charge in [0, 0.05) is 24.9 Å². The van der Waals surface area contributed by atoms with E-state index in [2.05, 4.69) is 48.6 Å². The highest BCUT2D eigenvalue weighted by atomic mass is 16.2. The van der Waals surface area contributed by atoms with Gasteiger partial charge in [0.2, 0.25) is 11.8 Å². The molecule has 148 valence electrons. The number of amides is 2. The molecule has 0 radical (unpaired) electrons. The fourth-order valence-corrected chi connectivity index (χ4v) is 3.75. The molecule has 0 bridgehead atoms. The van der Waals surface area contributed by atoms with Gasteiger partial charge < -0.3 is 10.2 Å². The van der Waals surface area contributed by atoms with E-state index >= 15 is 0 Å². The zero-order valence-corrected chi connectivity index (χ0v) is 17.0.